The first-order valence-electron chi connectivity index (χ1n) is 16.0. The van der Waals surface area contributed by atoms with Gasteiger partial charge in [-0.25, -0.2) is 0 Å². The maximum absolute atomic E-state index is 12.4. The Morgan fingerprint density at radius 1 is 0.692 bits per heavy atom. The molecule has 0 saturated heterocycles. The second-order valence-electron chi connectivity index (χ2n) is 11.2. The van der Waals surface area contributed by atoms with Crippen LogP contribution in [-0.4, -0.2) is 53.1 Å². The zero-order valence-corrected chi connectivity index (χ0v) is 25.9. The van der Waals surface area contributed by atoms with E-state index in [-0.39, 0.29) is 6.42 Å². The quantitative estimate of drug-likeness (QED) is 0.0442. The molecule has 0 aromatic rings. The molecule has 0 aromatic carbocycles. The molecular weight excluding hydrogens is 514 g/mol. The number of aliphatic hydroxyl groups is 2. The molecule has 0 spiro atoms. The molecule has 39 heavy (non-hydrogen) atoms. The van der Waals surface area contributed by atoms with E-state index in [0.717, 1.165) is 38.5 Å². The summed E-state index contributed by atoms with van der Waals surface area (Å²) in [5.41, 5.74) is 0. The Morgan fingerprint density at radius 2 is 1.10 bits per heavy atom. The molecule has 0 aliphatic heterocycles. The van der Waals surface area contributed by atoms with E-state index in [1.807, 2.05) is 0 Å². The third-order valence-corrected chi connectivity index (χ3v) is 8.10. The van der Waals surface area contributed by atoms with E-state index in [1.165, 1.54) is 96.0 Å². The smallest absolute Gasteiger partial charge is 0.267 e. The Labute approximate surface area is 240 Å². The summed E-state index contributed by atoms with van der Waals surface area (Å²) >= 11 is 0. The molecule has 0 aliphatic rings. The van der Waals surface area contributed by atoms with E-state index in [2.05, 4.69) is 19.2 Å². The maximum Gasteiger partial charge on any atom is 0.267 e. The first-order valence-corrected chi connectivity index (χ1v) is 17.6. The van der Waals surface area contributed by atoms with E-state index in [1.54, 1.807) is 6.08 Å². The van der Waals surface area contributed by atoms with Gasteiger partial charge in [0.15, 0.2) is 0 Å². The first-order chi connectivity index (χ1) is 18.7. The number of allylic oxidation sites excluding steroid dienone is 1. The second kappa shape index (κ2) is 26.0. The lowest BCUT2D eigenvalue weighted by Crippen LogP contribution is -2.50. The molecule has 0 bridgehead atoms. The third kappa shape index (κ3) is 25.7. The number of nitrogens with one attached hydrogen (secondary N) is 1. The van der Waals surface area contributed by atoms with Crippen LogP contribution in [0.1, 0.15) is 155 Å². The molecule has 232 valence electrons. The Bertz CT molecular complexity index is 697. The zero-order chi connectivity index (χ0) is 29.2. The van der Waals surface area contributed by atoms with Crippen LogP contribution in [0.25, 0.3) is 0 Å². The summed E-state index contributed by atoms with van der Waals surface area (Å²) in [5, 5.41) is 23.1. The molecule has 7 nitrogen and oxygen atoms in total. The van der Waals surface area contributed by atoms with Crippen LogP contribution in [0, 0.1) is 0 Å². The van der Waals surface area contributed by atoms with E-state index in [4.69, 9.17) is 0 Å². The Kier molecular flexibility index (Phi) is 25.3. The minimum absolute atomic E-state index is 0.284. The van der Waals surface area contributed by atoms with Crippen molar-refractivity contribution < 1.29 is 28.0 Å². The highest BCUT2D eigenvalue weighted by atomic mass is 32.2. The van der Waals surface area contributed by atoms with Crippen molar-refractivity contribution in [1.29, 1.82) is 0 Å². The van der Waals surface area contributed by atoms with Crippen LogP contribution >= 0.6 is 0 Å². The van der Waals surface area contributed by atoms with Crippen molar-refractivity contribution in [3.05, 3.63) is 12.2 Å². The molecule has 0 saturated carbocycles. The highest BCUT2D eigenvalue weighted by Crippen LogP contribution is 2.14. The largest absolute Gasteiger partial charge is 0.387 e. The van der Waals surface area contributed by atoms with Gasteiger partial charge < -0.3 is 15.5 Å². The van der Waals surface area contributed by atoms with E-state index in [9.17, 15) is 28.0 Å². The molecular formula is C31H61NO6S. The lowest BCUT2D eigenvalue weighted by molar-refractivity contribution is -0.130. The number of hydrogen-bond donors (Lipinski definition) is 4. The predicted molar refractivity (Wildman–Crippen MR) is 162 cm³/mol. The summed E-state index contributed by atoms with van der Waals surface area (Å²) in [6.45, 7) is 4.44. The summed E-state index contributed by atoms with van der Waals surface area (Å²) in [7, 11) is -4.42. The number of aliphatic hydroxyl groups excluding tert-OH is 2. The monoisotopic (exact) mass is 575 g/mol. The highest BCUT2D eigenvalue weighted by Gasteiger charge is 2.27. The van der Waals surface area contributed by atoms with Gasteiger partial charge in [-0.1, -0.05) is 148 Å². The van der Waals surface area contributed by atoms with Crippen molar-refractivity contribution in [3.8, 4) is 0 Å². The van der Waals surface area contributed by atoms with Crippen molar-refractivity contribution in [1.82, 2.24) is 5.32 Å². The SMILES string of the molecule is CCCCCCCCCCC/C=C/C(O)C(CS(=O)(=O)O)NC(=O)C(O)CCCCCCCCCCCCC. The van der Waals surface area contributed by atoms with Gasteiger partial charge in [-0.3, -0.25) is 9.35 Å². The van der Waals surface area contributed by atoms with Crippen LogP contribution in [0.5, 0.6) is 0 Å². The van der Waals surface area contributed by atoms with Crippen molar-refractivity contribution in [2.75, 3.05) is 5.75 Å². The Morgan fingerprint density at radius 3 is 1.54 bits per heavy atom. The van der Waals surface area contributed by atoms with E-state index in [0.29, 0.717) is 6.42 Å². The van der Waals surface area contributed by atoms with Crippen molar-refractivity contribution in [2.45, 2.75) is 173 Å². The molecule has 0 aromatic heterocycles. The lowest BCUT2D eigenvalue weighted by atomic mass is 10.0. The third-order valence-electron chi connectivity index (χ3n) is 7.32. The molecule has 3 unspecified atom stereocenters. The van der Waals surface area contributed by atoms with Gasteiger partial charge in [0, 0.05) is 0 Å². The number of carbonyl (C=O) groups excluding carboxylic acids is 1. The second-order valence-corrected chi connectivity index (χ2v) is 12.7. The van der Waals surface area contributed by atoms with Crippen LogP contribution in [-0.2, 0) is 14.9 Å². The van der Waals surface area contributed by atoms with Crippen LogP contribution in [0.15, 0.2) is 12.2 Å². The van der Waals surface area contributed by atoms with Crippen LogP contribution in [0.4, 0.5) is 0 Å². The molecule has 0 radical (unpaired) electrons. The summed E-state index contributed by atoms with van der Waals surface area (Å²) in [4.78, 5) is 12.4. The summed E-state index contributed by atoms with van der Waals surface area (Å²) in [5.74, 6) is -1.53. The van der Waals surface area contributed by atoms with Crippen LogP contribution < -0.4 is 5.32 Å². The van der Waals surface area contributed by atoms with Crippen LogP contribution in [0.2, 0.25) is 0 Å². The van der Waals surface area contributed by atoms with E-state index < -0.39 is 40.0 Å². The molecule has 8 heteroatoms. The molecule has 0 heterocycles. The minimum atomic E-state index is -4.42. The number of unbranched alkanes of at least 4 members (excludes halogenated alkanes) is 19. The average Bonchev–Trinajstić information content (AvgIpc) is 2.88. The normalized spacial score (nSPS) is 14.5. The van der Waals surface area contributed by atoms with Crippen LogP contribution in [0.3, 0.4) is 0 Å². The molecule has 3 atom stereocenters. The van der Waals surface area contributed by atoms with Gasteiger partial charge in [0.1, 0.15) is 6.10 Å². The molecule has 0 fully saturated rings. The van der Waals surface area contributed by atoms with Crippen molar-refractivity contribution in [2.24, 2.45) is 0 Å². The maximum atomic E-state index is 12.4. The molecule has 0 rings (SSSR count). The lowest BCUT2D eigenvalue weighted by Gasteiger charge is -2.22. The molecule has 0 aliphatic carbocycles. The summed E-state index contributed by atoms with van der Waals surface area (Å²) in [6.07, 6.45) is 25.6. The zero-order valence-electron chi connectivity index (χ0n) is 25.1. The fourth-order valence-corrected chi connectivity index (χ4v) is 5.54. The predicted octanol–water partition coefficient (Wildman–Crippen LogP) is 7.26. The minimum Gasteiger partial charge on any atom is -0.387 e. The van der Waals surface area contributed by atoms with Crippen molar-refractivity contribution in [3.63, 3.8) is 0 Å². The number of rotatable bonds is 28. The number of carbonyl (C=O) groups is 1. The van der Waals surface area contributed by atoms with Gasteiger partial charge in [-0.15, -0.1) is 0 Å². The highest BCUT2D eigenvalue weighted by molar-refractivity contribution is 7.85. The standard InChI is InChI=1S/C31H61NO6S/c1-3-5-7-9-11-13-15-17-19-21-23-25-29(33)28(27-39(36,37)38)32-31(35)30(34)26-24-22-20-18-16-14-12-10-8-6-4-2/h23,25,28-30,33-34H,3-22,24,26-27H2,1-2H3,(H,32,35)(H,36,37,38)/b25-23+. The van der Waals surface area contributed by atoms with E-state index >= 15 is 0 Å². The first kappa shape index (κ1) is 38.0. The fraction of sp³-hybridized carbons (Fsp3) is 0.903. The molecule has 1 amide bonds. The van der Waals surface area contributed by atoms with Gasteiger partial charge in [0.25, 0.3) is 10.1 Å². The Balaban J connectivity index is 4.23. The summed E-state index contributed by atoms with van der Waals surface area (Å²) in [6, 6.07) is -1.22. The summed E-state index contributed by atoms with van der Waals surface area (Å²) < 4.78 is 32.2. The average molecular weight is 576 g/mol. The topological polar surface area (TPSA) is 124 Å². The van der Waals surface area contributed by atoms with Gasteiger partial charge >= 0.3 is 0 Å². The Hall–Kier alpha value is -0.960. The number of hydrogen-bond acceptors (Lipinski definition) is 5. The van der Waals surface area contributed by atoms with Gasteiger partial charge in [-0.05, 0) is 19.3 Å². The number of amides is 1. The molecule has 4 N–H and O–H groups in total. The van der Waals surface area contributed by atoms with Gasteiger partial charge in [-0.2, -0.15) is 8.42 Å². The van der Waals surface area contributed by atoms with Gasteiger partial charge in [0.05, 0.1) is 17.9 Å². The van der Waals surface area contributed by atoms with Crippen molar-refractivity contribution >= 4 is 16.0 Å². The fourth-order valence-electron chi connectivity index (χ4n) is 4.81. The van der Waals surface area contributed by atoms with Gasteiger partial charge in [0.2, 0.25) is 5.91 Å².